The highest BCUT2D eigenvalue weighted by Crippen LogP contribution is 2.38. The number of nitrogens with one attached hydrogen (secondary N) is 1. The molecule has 1 aliphatic heterocycles. The average Bonchev–Trinajstić information content (AvgIpc) is 2.74. The third kappa shape index (κ3) is 6.10. The second kappa shape index (κ2) is 11.9. The van der Waals surface area contributed by atoms with Crippen molar-refractivity contribution >= 4 is 17.7 Å². The molecule has 0 amide bonds. The van der Waals surface area contributed by atoms with E-state index in [0.29, 0.717) is 17.2 Å². The monoisotopic (exact) mass is 410 g/mol. The molecule has 0 aromatic heterocycles. The summed E-state index contributed by atoms with van der Waals surface area (Å²) in [4.78, 5) is 9.22. The van der Waals surface area contributed by atoms with Crippen LogP contribution in [-0.4, -0.2) is 88.9 Å². The maximum Gasteiger partial charge on any atom is 0.203 e. The summed E-state index contributed by atoms with van der Waals surface area (Å²) in [7, 11) is 6.79. The number of piperazine rings is 1. The van der Waals surface area contributed by atoms with Gasteiger partial charge in [-0.25, -0.2) is 0 Å². The van der Waals surface area contributed by atoms with Gasteiger partial charge in [0.05, 0.1) is 21.3 Å². The maximum absolute atomic E-state index is 5.47. The number of guanidine groups is 1. The lowest BCUT2D eigenvalue weighted by atomic mass is 10.1. The summed E-state index contributed by atoms with van der Waals surface area (Å²) in [5, 5.41) is 3.48. The van der Waals surface area contributed by atoms with E-state index in [1.54, 1.807) is 21.3 Å². The fourth-order valence-corrected chi connectivity index (χ4v) is 3.78. The summed E-state index contributed by atoms with van der Waals surface area (Å²) in [6.45, 7) is 5.73. The zero-order valence-corrected chi connectivity index (χ0v) is 18.6. The standard InChI is InChI=1S/C20H34N4O3S/c1-21-20(22-7-6-12-28-5)24-10-8-23(9-11-24)15-16-13-17(25-2)19(27-4)18(14-16)26-3/h13-14H,6-12,15H2,1-5H3,(H,21,22). The largest absolute Gasteiger partial charge is 0.493 e. The second-order valence-corrected chi connectivity index (χ2v) is 7.60. The van der Waals surface area contributed by atoms with Crippen LogP contribution in [0.4, 0.5) is 0 Å². The molecule has 8 heteroatoms. The summed E-state index contributed by atoms with van der Waals surface area (Å²) >= 11 is 1.88. The van der Waals surface area contributed by atoms with E-state index in [-0.39, 0.29) is 0 Å². The predicted octanol–water partition coefficient (Wildman–Crippen LogP) is 2.16. The van der Waals surface area contributed by atoms with Gasteiger partial charge < -0.3 is 24.4 Å². The summed E-state index contributed by atoms with van der Waals surface area (Å²) in [5.74, 6) is 4.21. The maximum atomic E-state index is 5.47. The van der Waals surface area contributed by atoms with Crippen molar-refractivity contribution in [1.29, 1.82) is 0 Å². The molecule has 2 rings (SSSR count). The van der Waals surface area contributed by atoms with E-state index in [4.69, 9.17) is 14.2 Å². The minimum Gasteiger partial charge on any atom is -0.493 e. The Morgan fingerprint density at radius 3 is 2.21 bits per heavy atom. The number of rotatable bonds is 9. The van der Waals surface area contributed by atoms with Gasteiger partial charge in [-0.1, -0.05) is 0 Å². The van der Waals surface area contributed by atoms with Gasteiger partial charge in [0.1, 0.15) is 0 Å². The quantitative estimate of drug-likeness (QED) is 0.380. The van der Waals surface area contributed by atoms with E-state index in [1.807, 2.05) is 30.9 Å². The van der Waals surface area contributed by atoms with Gasteiger partial charge in [-0.05, 0) is 36.1 Å². The number of methoxy groups -OCH3 is 3. The molecule has 158 valence electrons. The van der Waals surface area contributed by atoms with Crippen molar-refractivity contribution in [3.05, 3.63) is 17.7 Å². The Bertz CT molecular complexity index is 609. The van der Waals surface area contributed by atoms with Crippen LogP contribution in [0, 0.1) is 0 Å². The van der Waals surface area contributed by atoms with Crippen molar-refractivity contribution in [1.82, 2.24) is 15.1 Å². The van der Waals surface area contributed by atoms with E-state index >= 15 is 0 Å². The van der Waals surface area contributed by atoms with Crippen molar-refractivity contribution < 1.29 is 14.2 Å². The Balaban J connectivity index is 1.91. The molecule has 1 aromatic carbocycles. The van der Waals surface area contributed by atoms with E-state index in [1.165, 1.54) is 5.75 Å². The Hall–Kier alpha value is -1.80. The molecule has 0 atom stereocenters. The fourth-order valence-electron chi connectivity index (χ4n) is 3.35. The van der Waals surface area contributed by atoms with Gasteiger partial charge in [0.25, 0.3) is 0 Å². The Morgan fingerprint density at radius 2 is 1.71 bits per heavy atom. The van der Waals surface area contributed by atoms with Gasteiger partial charge >= 0.3 is 0 Å². The Kier molecular flexibility index (Phi) is 9.57. The molecule has 1 aromatic rings. The molecule has 0 unspecified atom stereocenters. The fraction of sp³-hybridized carbons (Fsp3) is 0.650. The van der Waals surface area contributed by atoms with Gasteiger partial charge in [-0.15, -0.1) is 0 Å². The molecule has 7 nitrogen and oxygen atoms in total. The smallest absolute Gasteiger partial charge is 0.203 e. The highest BCUT2D eigenvalue weighted by molar-refractivity contribution is 7.98. The number of hydrogen-bond donors (Lipinski definition) is 1. The number of ether oxygens (including phenoxy) is 3. The zero-order valence-electron chi connectivity index (χ0n) is 17.8. The van der Waals surface area contributed by atoms with E-state index < -0.39 is 0 Å². The van der Waals surface area contributed by atoms with Crippen LogP contribution in [-0.2, 0) is 6.54 Å². The van der Waals surface area contributed by atoms with Crippen molar-refractivity contribution in [2.24, 2.45) is 4.99 Å². The average molecular weight is 411 g/mol. The number of benzene rings is 1. The van der Waals surface area contributed by atoms with Gasteiger partial charge in [0, 0.05) is 46.3 Å². The first kappa shape index (κ1) is 22.5. The third-order valence-electron chi connectivity index (χ3n) is 4.82. The van der Waals surface area contributed by atoms with Crippen LogP contribution >= 0.6 is 11.8 Å². The van der Waals surface area contributed by atoms with E-state index in [0.717, 1.165) is 57.2 Å². The van der Waals surface area contributed by atoms with Crippen LogP contribution in [0.5, 0.6) is 17.2 Å². The van der Waals surface area contributed by atoms with Crippen molar-refractivity contribution in [2.45, 2.75) is 13.0 Å². The molecule has 1 N–H and O–H groups in total. The Morgan fingerprint density at radius 1 is 1.07 bits per heavy atom. The lowest BCUT2D eigenvalue weighted by Crippen LogP contribution is -2.52. The molecule has 0 bridgehead atoms. The van der Waals surface area contributed by atoms with Crippen molar-refractivity contribution in [3.63, 3.8) is 0 Å². The number of aliphatic imine (C=N–C) groups is 1. The molecular weight excluding hydrogens is 376 g/mol. The van der Waals surface area contributed by atoms with Crippen LogP contribution in [0.3, 0.4) is 0 Å². The predicted molar refractivity (Wildman–Crippen MR) is 117 cm³/mol. The summed E-state index contributed by atoms with van der Waals surface area (Å²) in [5.41, 5.74) is 1.16. The zero-order chi connectivity index (χ0) is 20.4. The lowest BCUT2D eigenvalue weighted by Gasteiger charge is -2.36. The van der Waals surface area contributed by atoms with Crippen molar-refractivity contribution in [3.8, 4) is 17.2 Å². The number of hydrogen-bond acceptors (Lipinski definition) is 6. The van der Waals surface area contributed by atoms with Crippen LogP contribution < -0.4 is 19.5 Å². The Labute approximate surface area is 173 Å². The lowest BCUT2D eigenvalue weighted by molar-refractivity contribution is 0.172. The van der Waals surface area contributed by atoms with Gasteiger partial charge in [-0.2, -0.15) is 11.8 Å². The normalized spacial score (nSPS) is 15.5. The first-order valence-electron chi connectivity index (χ1n) is 9.62. The summed E-state index contributed by atoms with van der Waals surface area (Å²) in [6, 6.07) is 4.06. The van der Waals surface area contributed by atoms with Crippen molar-refractivity contribution in [2.75, 3.05) is 73.1 Å². The molecule has 1 heterocycles. The van der Waals surface area contributed by atoms with Gasteiger partial charge in [0.2, 0.25) is 5.75 Å². The van der Waals surface area contributed by atoms with Crippen LogP contribution in [0.2, 0.25) is 0 Å². The SMILES string of the molecule is CN=C(NCCCSC)N1CCN(Cc2cc(OC)c(OC)c(OC)c2)CC1. The van der Waals surface area contributed by atoms with Crippen LogP contribution in [0.25, 0.3) is 0 Å². The van der Waals surface area contributed by atoms with Gasteiger partial charge in [-0.3, -0.25) is 9.89 Å². The van der Waals surface area contributed by atoms with Crippen LogP contribution in [0.1, 0.15) is 12.0 Å². The van der Waals surface area contributed by atoms with E-state index in [2.05, 4.69) is 26.4 Å². The minimum atomic E-state index is 0.634. The minimum absolute atomic E-state index is 0.634. The van der Waals surface area contributed by atoms with Gasteiger partial charge in [0.15, 0.2) is 17.5 Å². The topological polar surface area (TPSA) is 58.6 Å². The molecule has 1 saturated heterocycles. The molecular formula is C20H34N4O3S. The highest BCUT2D eigenvalue weighted by atomic mass is 32.2. The highest BCUT2D eigenvalue weighted by Gasteiger charge is 2.21. The molecule has 0 radical (unpaired) electrons. The molecule has 0 saturated carbocycles. The number of thioether (sulfide) groups is 1. The second-order valence-electron chi connectivity index (χ2n) is 6.62. The third-order valence-corrected chi connectivity index (χ3v) is 5.52. The summed E-state index contributed by atoms with van der Waals surface area (Å²) in [6.07, 6.45) is 3.29. The molecule has 1 fully saturated rings. The van der Waals surface area contributed by atoms with E-state index in [9.17, 15) is 0 Å². The molecule has 1 aliphatic rings. The number of nitrogens with zero attached hydrogens (tertiary/aromatic N) is 3. The molecule has 0 spiro atoms. The summed E-state index contributed by atoms with van der Waals surface area (Å²) < 4.78 is 16.4. The molecule has 28 heavy (non-hydrogen) atoms. The molecule has 0 aliphatic carbocycles. The first-order valence-corrected chi connectivity index (χ1v) is 11.0. The first-order chi connectivity index (χ1) is 13.7. The van der Waals surface area contributed by atoms with Crippen LogP contribution in [0.15, 0.2) is 17.1 Å².